The molecule has 0 radical (unpaired) electrons. The molecule has 1 aromatic rings. The molecule has 14 heavy (non-hydrogen) atoms. The van der Waals surface area contributed by atoms with Gasteiger partial charge < -0.3 is 10.1 Å². The molecule has 0 atom stereocenters. The van der Waals surface area contributed by atoms with E-state index >= 15 is 0 Å². The van der Waals surface area contributed by atoms with E-state index in [4.69, 9.17) is 0 Å². The van der Waals surface area contributed by atoms with Gasteiger partial charge in [-0.2, -0.15) is 0 Å². The van der Waals surface area contributed by atoms with E-state index in [1.807, 2.05) is 19.1 Å². The van der Waals surface area contributed by atoms with E-state index in [1.54, 1.807) is 6.07 Å². The van der Waals surface area contributed by atoms with Crippen molar-refractivity contribution in [2.75, 3.05) is 19.2 Å². The quantitative estimate of drug-likeness (QED) is 0.710. The molecular formula is C9H13N3O2. The number of ether oxygens (including phenoxy) is 1. The van der Waals surface area contributed by atoms with Gasteiger partial charge >= 0.3 is 6.03 Å². The van der Waals surface area contributed by atoms with Crippen molar-refractivity contribution >= 4 is 11.8 Å². The third kappa shape index (κ3) is 3.40. The molecule has 0 aliphatic rings. The van der Waals surface area contributed by atoms with Crippen LogP contribution in [-0.2, 0) is 4.74 Å². The molecule has 0 saturated heterocycles. The van der Waals surface area contributed by atoms with Crippen LogP contribution < -0.4 is 10.6 Å². The molecule has 0 aromatic carbocycles. The average Bonchev–Trinajstić information content (AvgIpc) is 2.15. The SMILES string of the molecule is COCNC(=O)Nc1cccc(C)n1. The zero-order chi connectivity index (χ0) is 10.4. The molecule has 76 valence electrons. The summed E-state index contributed by atoms with van der Waals surface area (Å²) >= 11 is 0. The molecule has 5 nitrogen and oxygen atoms in total. The van der Waals surface area contributed by atoms with Gasteiger partial charge in [0.2, 0.25) is 0 Å². The number of hydrogen-bond donors (Lipinski definition) is 2. The number of anilines is 1. The van der Waals surface area contributed by atoms with Gasteiger partial charge in [-0.25, -0.2) is 9.78 Å². The smallest absolute Gasteiger partial charge is 0.322 e. The van der Waals surface area contributed by atoms with Crippen LogP contribution in [-0.4, -0.2) is 24.9 Å². The van der Waals surface area contributed by atoms with Crippen LogP contribution in [0.3, 0.4) is 0 Å². The van der Waals surface area contributed by atoms with Gasteiger partial charge in [-0.1, -0.05) is 6.07 Å². The van der Waals surface area contributed by atoms with Gasteiger partial charge in [-0.3, -0.25) is 5.32 Å². The second-order valence-electron chi connectivity index (χ2n) is 2.73. The molecule has 1 aromatic heterocycles. The lowest BCUT2D eigenvalue weighted by Crippen LogP contribution is -2.30. The number of pyridine rings is 1. The third-order valence-electron chi connectivity index (χ3n) is 1.51. The second-order valence-corrected chi connectivity index (χ2v) is 2.73. The summed E-state index contributed by atoms with van der Waals surface area (Å²) in [6.45, 7) is 2.04. The zero-order valence-electron chi connectivity index (χ0n) is 8.20. The number of hydrogen-bond acceptors (Lipinski definition) is 3. The van der Waals surface area contributed by atoms with E-state index in [1.165, 1.54) is 7.11 Å². The van der Waals surface area contributed by atoms with E-state index in [0.29, 0.717) is 5.82 Å². The summed E-state index contributed by atoms with van der Waals surface area (Å²) in [5.74, 6) is 0.526. The number of rotatable bonds is 3. The summed E-state index contributed by atoms with van der Waals surface area (Å²) in [5, 5.41) is 5.06. The predicted molar refractivity (Wildman–Crippen MR) is 53.0 cm³/mol. The molecule has 0 aliphatic heterocycles. The Hall–Kier alpha value is -1.62. The summed E-state index contributed by atoms with van der Waals surface area (Å²) in [5.41, 5.74) is 0.856. The second kappa shape index (κ2) is 5.18. The number of carbonyl (C=O) groups excluding carboxylic acids is 1. The van der Waals surface area contributed by atoms with Crippen LogP contribution in [0.1, 0.15) is 5.69 Å². The van der Waals surface area contributed by atoms with Gasteiger partial charge in [0, 0.05) is 12.8 Å². The van der Waals surface area contributed by atoms with Crippen LogP contribution in [0.5, 0.6) is 0 Å². The van der Waals surface area contributed by atoms with E-state index in [2.05, 4.69) is 20.4 Å². The summed E-state index contributed by atoms with van der Waals surface area (Å²) in [6.07, 6.45) is 0. The summed E-state index contributed by atoms with van der Waals surface area (Å²) < 4.78 is 4.68. The fraction of sp³-hybridized carbons (Fsp3) is 0.333. The highest BCUT2D eigenvalue weighted by Gasteiger charge is 2.00. The topological polar surface area (TPSA) is 63.2 Å². The molecular weight excluding hydrogens is 182 g/mol. The van der Waals surface area contributed by atoms with Crippen LogP contribution in [0.4, 0.5) is 10.6 Å². The Balaban J connectivity index is 2.47. The van der Waals surface area contributed by atoms with Crippen molar-refractivity contribution in [3.05, 3.63) is 23.9 Å². The Kier molecular flexibility index (Phi) is 3.87. The van der Waals surface area contributed by atoms with Crippen molar-refractivity contribution in [2.24, 2.45) is 0 Å². The first kappa shape index (κ1) is 10.5. The molecule has 0 saturated carbocycles. The molecule has 0 fully saturated rings. The first-order valence-corrected chi connectivity index (χ1v) is 4.20. The third-order valence-corrected chi connectivity index (χ3v) is 1.51. The Morgan fingerprint density at radius 1 is 1.57 bits per heavy atom. The largest absolute Gasteiger partial charge is 0.364 e. The lowest BCUT2D eigenvalue weighted by molar-refractivity contribution is 0.177. The highest BCUT2D eigenvalue weighted by Crippen LogP contribution is 2.02. The number of nitrogens with zero attached hydrogens (tertiary/aromatic N) is 1. The number of urea groups is 1. The normalized spacial score (nSPS) is 9.57. The number of carbonyl (C=O) groups is 1. The maximum Gasteiger partial charge on any atom is 0.322 e. The first-order valence-electron chi connectivity index (χ1n) is 4.20. The highest BCUT2D eigenvalue weighted by molar-refractivity contribution is 5.88. The number of aromatic nitrogens is 1. The maximum atomic E-state index is 11.1. The van der Waals surface area contributed by atoms with Crippen LogP contribution >= 0.6 is 0 Å². The van der Waals surface area contributed by atoms with Gasteiger partial charge in [-0.05, 0) is 19.1 Å². The Morgan fingerprint density at radius 3 is 3.00 bits per heavy atom. The van der Waals surface area contributed by atoms with Gasteiger partial charge in [0.1, 0.15) is 12.5 Å². The monoisotopic (exact) mass is 195 g/mol. The Morgan fingerprint density at radius 2 is 2.36 bits per heavy atom. The molecule has 0 aliphatic carbocycles. The van der Waals surface area contributed by atoms with Crippen molar-refractivity contribution in [1.82, 2.24) is 10.3 Å². The number of nitrogens with one attached hydrogen (secondary N) is 2. The molecule has 1 rings (SSSR count). The van der Waals surface area contributed by atoms with Crippen molar-refractivity contribution in [3.63, 3.8) is 0 Å². The minimum Gasteiger partial charge on any atom is -0.364 e. The molecule has 0 bridgehead atoms. The van der Waals surface area contributed by atoms with Gasteiger partial charge in [0.05, 0.1) is 0 Å². The fourth-order valence-electron chi connectivity index (χ4n) is 0.911. The van der Waals surface area contributed by atoms with Crippen molar-refractivity contribution in [2.45, 2.75) is 6.92 Å². The number of methoxy groups -OCH3 is 1. The number of aryl methyl sites for hydroxylation is 1. The highest BCUT2D eigenvalue weighted by atomic mass is 16.5. The Bertz CT molecular complexity index is 315. The van der Waals surface area contributed by atoms with Crippen molar-refractivity contribution < 1.29 is 9.53 Å². The molecule has 5 heteroatoms. The average molecular weight is 195 g/mol. The summed E-state index contributed by atoms with van der Waals surface area (Å²) in [6, 6.07) is 5.08. The van der Waals surface area contributed by atoms with E-state index in [0.717, 1.165) is 5.69 Å². The standard InChI is InChI=1S/C9H13N3O2/c1-7-4-3-5-8(11-7)12-9(13)10-6-14-2/h3-5H,6H2,1-2H3,(H2,10,11,12,13). The van der Waals surface area contributed by atoms with Crippen molar-refractivity contribution in [3.8, 4) is 0 Å². The van der Waals surface area contributed by atoms with Gasteiger partial charge in [-0.15, -0.1) is 0 Å². The predicted octanol–water partition coefficient (Wildman–Crippen LogP) is 1.12. The molecule has 2 amide bonds. The van der Waals surface area contributed by atoms with Crippen molar-refractivity contribution in [1.29, 1.82) is 0 Å². The van der Waals surface area contributed by atoms with E-state index in [-0.39, 0.29) is 12.8 Å². The minimum atomic E-state index is -0.329. The van der Waals surface area contributed by atoms with Crippen LogP contribution in [0.25, 0.3) is 0 Å². The lowest BCUT2D eigenvalue weighted by atomic mass is 10.4. The van der Waals surface area contributed by atoms with Crippen LogP contribution in [0.2, 0.25) is 0 Å². The summed E-state index contributed by atoms with van der Waals surface area (Å²) in [7, 11) is 1.51. The zero-order valence-corrected chi connectivity index (χ0v) is 8.20. The lowest BCUT2D eigenvalue weighted by Gasteiger charge is -2.05. The number of amides is 2. The van der Waals surface area contributed by atoms with E-state index in [9.17, 15) is 4.79 Å². The first-order chi connectivity index (χ1) is 6.72. The minimum absolute atomic E-state index is 0.178. The van der Waals surface area contributed by atoms with Gasteiger partial charge in [0.25, 0.3) is 0 Å². The maximum absolute atomic E-state index is 11.1. The molecule has 1 heterocycles. The van der Waals surface area contributed by atoms with Gasteiger partial charge in [0.15, 0.2) is 0 Å². The fourth-order valence-corrected chi connectivity index (χ4v) is 0.911. The molecule has 0 unspecified atom stereocenters. The summed E-state index contributed by atoms with van der Waals surface area (Å²) in [4.78, 5) is 15.2. The van der Waals surface area contributed by atoms with Crippen LogP contribution in [0, 0.1) is 6.92 Å². The molecule has 2 N–H and O–H groups in total. The van der Waals surface area contributed by atoms with E-state index < -0.39 is 0 Å². The molecule has 0 spiro atoms. The Labute approximate surface area is 82.5 Å². The van der Waals surface area contributed by atoms with Crippen LogP contribution in [0.15, 0.2) is 18.2 Å².